The number of hydrogen-bond donors (Lipinski definition) is 5. The Morgan fingerprint density at radius 3 is 2.67 bits per heavy atom. The second kappa shape index (κ2) is 6.62. The summed E-state index contributed by atoms with van der Waals surface area (Å²) in [6.07, 6.45) is 1.96. The number of nitrogens with zero attached hydrogens (tertiary/aromatic N) is 1. The van der Waals surface area contributed by atoms with Crippen LogP contribution in [0.4, 0.5) is 0 Å². The van der Waals surface area contributed by atoms with Gasteiger partial charge in [0.05, 0.1) is 0 Å². The van der Waals surface area contributed by atoms with Crippen LogP contribution in [-0.2, 0) is 4.79 Å². The summed E-state index contributed by atoms with van der Waals surface area (Å²) >= 11 is 0. The van der Waals surface area contributed by atoms with Gasteiger partial charge in [-0.05, 0) is 36.9 Å². The van der Waals surface area contributed by atoms with Crippen LogP contribution in [0.1, 0.15) is 19.3 Å². The first-order valence-electron chi connectivity index (χ1n) is 7.69. The molecular weight excluding hydrogens is 273 g/mol. The van der Waals surface area contributed by atoms with Gasteiger partial charge in [0.25, 0.3) is 0 Å². The third kappa shape index (κ3) is 3.40. The van der Waals surface area contributed by atoms with Gasteiger partial charge in [-0.25, -0.2) is 0 Å². The zero-order valence-electron chi connectivity index (χ0n) is 12.3. The first-order chi connectivity index (χ1) is 9.88. The van der Waals surface area contributed by atoms with Crippen molar-refractivity contribution in [1.29, 1.82) is 0 Å². The van der Waals surface area contributed by atoms with Crippen molar-refractivity contribution in [3.05, 3.63) is 0 Å². The van der Waals surface area contributed by atoms with Crippen molar-refractivity contribution < 1.29 is 19.9 Å². The number of hydrogen-bond acceptors (Lipinski definition) is 6. The van der Waals surface area contributed by atoms with Gasteiger partial charge in [-0.1, -0.05) is 6.42 Å². The molecule has 7 nitrogen and oxygen atoms in total. The van der Waals surface area contributed by atoms with Gasteiger partial charge in [0.15, 0.2) is 0 Å². The zero-order valence-corrected chi connectivity index (χ0v) is 12.3. The van der Waals surface area contributed by atoms with Crippen molar-refractivity contribution in [2.75, 3.05) is 26.2 Å². The fraction of sp³-hybridized carbons (Fsp3) is 0.923. The van der Waals surface area contributed by atoms with Crippen molar-refractivity contribution in [3.63, 3.8) is 0 Å². The Kier molecular flexibility index (Phi) is 5.26. The maximum Gasteiger partial charge on any atom is 0.451 e. The lowest BCUT2D eigenvalue weighted by Crippen LogP contribution is -2.53. The second-order valence-corrected chi connectivity index (χ2v) is 6.54. The number of nitrogens with two attached hydrogens (primary N) is 2. The van der Waals surface area contributed by atoms with Gasteiger partial charge in [0.2, 0.25) is 0 Å². The zero-order chi connectivity index (χ0) is 15.6. The quantitative estimate of drug-likeness (QED) is 0.363. The van der Waals surface area contributed by atoms with E-state index < -0.39 is 18.6 Å². The second-order valence-electron chi connectivity index (χ2n) is 6.54. The molecule has 2 fully saturated rings. The van der Waals surface area contributed by atoms with Crippen molar-refractivity contribution in [1.82, 2.24) is 4.90 Å². The van der Waals surface area contributed by atoms with Gasteiger partial charge in [0.1, 0.15) is 5.54 Å². The molecule has 1 saturated carbocycles. The maximum absolute atomic E-state index is 11.6. The molecule has 1 aliphatic carbocycles. The molecular formula is C13H26BN3O4. The molecule has 2 rings (SSSR count). The fourth-order valence-electron chi connectivity index (χ4n) is 4.23. The predicted molar refractivity (Wildman–Crippen MR) is 79.4 cm³/mol. The molecule has 0 aromatic rings. The van der Waals surface area contributed by atoms with Crippen molar-refractivity contribution in [3.8, 4) is 0 Å². The number of rotatable bonds is 7. The summed E-state index contributed by atoms with van der Waals surface area (Å²) in [7, 11) is -1.34. The monoisotopic (exact) mass is 299 g/mol. The average Bonchev–Trinajstić information content (AvgIpc) is 2.87. The summed E-state index contributed by atoms with van der Waals surface area (Å²) in [6.45, 7) is 3.15. The Labute approximate surface area is 125 Å². The van der Waals surface area contributed by atoms with E-state index in [1.807, 2.05) is 0 Å². The van der Waals surface area contributed by atoms with Gasteiger partial charge in [-0.2, -0.15) is 0 Å². The van der Waals surface area contributed by atoms with E-state index >= 15 is 0 Å². The normalized spacial score (nSPS) is 35.9. The van der Waals surface area contributed by atoms with E-state index in [1.54, 1.807) is 0 Å². The predicted octanol–water partition coefficient (Wildman–Crippen LogP) is -1.45. The molecule has 7 N–H and O–H groups in total. The highest BCUT2D eigenvalue weighted by atomic mass is 16.4. The Hall–Kier alpha value is -0.665. The Bertz CT molecular complexity index is 384. The van der Waals surface area contributed by atoms with Crippen LogP contribution in [0.25, 0.3) is 0 Å². The number of carbonyl (C=O) groups is 1. The molecule has 2 aliphatic rings. The van der Waals surface area contributed by atoms with Crippen LogP contribution in [0.5, 0.6) is 0 Å². The Balaban J connectivity index is 2.05. The molecule has 4 unspecified atom stereocenters. The highest BCUT2D eigenvalue weighted by molar-refractivity contribution is 6.40. The Morgan fingerprint density at radius 2 is 2.10 bits per heavy atom. The average molecular weight is 299 g/mol. The summed E-state index contributed by atoms with van der Waals surface area (Å²) in [6, 6.07) is 0. The summed E-state index contributed by atoms with van der Waals surface area (Å²) in [5.41, 5.74) is 10.6. The Morgan fingerprint density at radius 1 is 1.38 bits per heavy atom. The van der Waals surface area contributed by atoms with Gasteiger partial charge in [-0.3, -0.25) is 4.79 Å². The number of fused-ring (bicyclic) bond motifs is 1. The van der Waals surface area contributed by atoms with Crippen LogP contribution in [0.2, 0.25) is 6.32 Å². The van der Waals surface area contributed by atoms with Crippen LogP contribution in [0, 0.1) is 17.8 Å². The molecule has 0 radical (unpaired) electrons. The fourth-order valence-corrected chi connectivity index (χ4v) is 4.23. The molecule has 0 spiro atoms. The lowest BCUT2D eigenvalue weighted by atomic mass is 9.76. The van der Waals surface area contributed by atoms with Crippen LogP contribution in [0.15, 0.2) is 0 Å². The van der Waals surface area contributed by atoms with E-state index in [9.17, 15) is 9.90 Å². The first kappa shape index (κ1) is 16.7. The number of carboxylic acids is 1. The molecule has 0 aromatic heterocycles. The molecule has 4 atom stereocenters. The third-order valence-electron chi connectivity index (χ3n) is 5.17. The van der Waals surface area contributed by atoms with Gasteiger partial charge < -0.3 is 31.5 Å². The maximum atomic E-state index is 11.6. The van der Waals surface area contributed by atoms with Crippen LogP contribution in [-0.4, -0.2) is 64.9 Å². The van der Waals surface area contributed by atoms with E-state index in [1.165, 1.54) is 0 Å². The van der Waals surface area contributed by atoms with E-state index in [2.05, 4.69) is 4.90 Å². The SMILES string of the molecule is NCCN1CC2CC(N)(C(=O)O)C(CCCB(O)O)C2C1. The molecule has 0 amide bonds. The molecule has 21 heavy (non-hydrogen) atoms. The standard InChI is InChI=1S/C13H26BN3O4/c15-4-5-17-7-9-6-13(16,12(18)19)11(10(9)8-17)2-1-3-14(20)21/h9-11,20-21H,1-8,15-16H2,(H,18,19). The van der Waals surface area contributed by atoms with Crippen molar-refractivity contribution in [2.24, 2.45) is 29.2 Å². The molecule has 1 aliphatic heterocycles. The first-order valence-corrected chi connectivity index (χ1v) is 7.69. The molecule has 8 heteroatoms. The molecule has 0 aromatic carbocycles. The highest BCUT2D eigenvalue weighted by Crippen LogP contribution is 2.49. The van der Waals surface area contributed by atoms with E-state index in [0.717, 1.165) is 19.6 Å². The molecule has 0 bridgehead atoms. The third-order valence-corrected chi connectivity index (χ3v) is 5.17. The highest BCUT2D eigenvalue weighted by Gasteiger charge is 2.57. The van der Waals surface area contributed by atoms with E-state index in [0.29, 0.717) is 31.7 Å². The molecule has 1 heterocycles. The number of likely N-dealkylation sites (tertiary alicyclic amines) is 1. The lowest BCUT2D eigenvalue weighted by Gasteiger charge is -2.31. The smallest absolute Gasteiger partial charge is 0.451 e. The number of aliphatic carboxylic acids is 1. The van der Waals surface area contributed by atoms with Crippen LogP contribution >= 0.6 is 0 Å². The topological polar surface area (TPSA) is 133 Å². The van der Waals surface area contributed by atoms with Gasteiger partial charge in [-0.15, -0.1) is 0 Å². The summed E-state index contributed by atoms with van der Waals surface area (Å²) in [5, 5.41) is 27.4. The van der Waals surface area contributed by atoms with E-state index in [-0.39, 0.29) is 18.2 Å². The van der Waals surface area contributed by atoms with E-state index in [4.69, 9.17) is 21.5 Å². The summed E-state index contributed by atoms with van der Waals surface area (Å²) in [4.78, 5) is 13.9. The van der Waals surface area contributed by atoms with Gasteiger partial charge >= 0.3 is 13.1 Å². The minimum atomic E-state index is -1.34. The summed E-state index contributed by atoms with van der Waals surface area (Å²) in [5.74, 6) is -0.464. The van der Waals surface area contributed by atoms with Crippen molar-refractivity contribution in [2.45, 2.75) is 31.1 Å². The van der Waals surface area contributed by atoms with Crippen LogP contribution < -0.4 is 11.5 Å². The van der Waals surface area contributed by atoms with Crippen molar-refractivity contribution >= 4 is 13.1 Å². The molecule has 1 saturated heterocycles. The summed E-state index contributed by atoms with van der Waals surface area (Å²) < 4.78 is 0. The number of carboxylic acid groups (broad SMARTS) is 1. The molecule has 120 valence electrons. The largest absolute Gasteiger partial charge is 0.480 e. The minimum absolute atomic E-state index is 0.110. The minimum Gasteiger partial charge on any atom is -0.480 e. The van der Waals surface area contributed by atoms with Gasteiger partial charge in [0, 0.05) is 26.2 Å². The lowest BCUT2D eigenvalue weighted by molar-refractivity contribution is -0.145. The van der Waals surface area contributed by atoms with Crippen LogP contribution in [0.3, 0.4) is 0 Å².